The molecule has 0 saturated carbocycles. The number of hydrogen-bond donors (Lipinski definition) is 1. The van der Waals surface area contributed by atoms with E-state index in [1.807, 2.05) is 0 Å². The first-order valence-corrected chi connectivity index (χ1v) is 11.5. The van der Waals surface area contributed by atoms with Crippen LogP contribution in [0.5, 0.6) is 0 Å². The standard InChI is InChI=1S/C19H19.C6H6N.2ClH.Ti/c1-12-11-13(2)19(14(12)3)18-10-9-16-7-5-6-8-17(16)15(18)4;7-6-4-2-1-3-5-6;;;/h5-11,13H,4H2,1-3H3;1-5,7H;2*1H;/q;-1;;;+1. The monoisotopic (exact) mass is 459 g/mol. The number of fused-ring (bicyclic) bond motifs is 1. The van der Waals surface area contributed by atoms with Gasteiger partial charge in [-0.15, -0.1) is 24.8 Å². The number of benzene rings is 3. The van der Waals surface area contributed by atoms with E-state index >= 15 is 0 Å². The molecular formula is C25H27Cl2NTi. The van der Waals surface area contributed by atoms with Crippen LogP contribution in [0.4, 0.5) is 5.69 Å². The van der Waals surface area contributed by atoms with Crippen molar-refractivity contribution >= 4 is 46.8 Å². The summed E-state index contributed by atoms with van der Waals surface area (Å²) in [5.41, 5.74) is 8.59. The first-order chi connectivity index (χ1) is 13.1. The zero-order chi connectivity index (χ0) is 18.8. The van der Waals surface area contributed by atoms with Crippen molar-refractivity contribution < 1.29 is 19.4 Å². The first-order valence-electron chi connectivity index (χ1n) is 9.59. The van der Waals surface area contributed by atoms with E-state index in [0.717, 1.165) is 4.73 Å². The molecule has 3 aromatic carbocycles. The first kappa shape index (κ1) is 23.8. The molecule has 0 heterocycles. The quantitative estimate of drug-likeness (QED) is 0.386. The third-order valence-corrected chi connectivity index (χ3v) is 7.11. The maximum absolute atomic E-state index is 3.70. The summed E-state index contributed by atoms with van der Waals surface area (Å²) in [5, 5.41) is 2.75. The summed E-state index contributed by atoms with van der Waals surface area (Å²) in [6, 6.07) is 24.1. The molecule has 0 bridgehead atoms. The molecule has 4 rings (SSSR count). The third kappa shape index (κ3) is 4.98. The van der Waals surface area contributed by atoms with Crippen LogP contribution in [0.25, 0.3) is 16.3 Å². The fourth-order valence-corrected chi connectivity index (χ4v) is 5.71. The number of nitrogens with one attached hydrogen (secondary N) is 1. The van der Waals surface area contributed by atoms with Crippen LogP contribution in [-0.4, -0.2) is 0 Å². The second-order valence-corrected chi connectivity index (χ2v) is 8.83. The number of halogens is 2. The molecule has 1 N–H and O–H groups in total. The molecule has 1 aliphatic rings. The molecule has 150 valence electrons. The average molecular weight is 460 g/mol. The number of anilines is 1. The molecule has 0 aromatic heterocycles. The van der Waals surface area contributed by atoms with Gasteiger partial charge in [-0.3, -0.25) is 0 Å². The Morgan fingerprint density at radius 1 is 0.862 bits per heavy atom. The largest absolute Gasteiger partial charge is 0.147 e. The molecule has 4 heteroatoms. The fraction of sp³-hybridized carbons (Fsp3) is 0.200. The smallest absolute Gasteiger partial charge is 0.147 e. The van der Waals surface area contributed by atoms with Crippen LogP contribution < -0.4 is 3.80 Å². The topological polar surface area (TPSA) is 12.0 Å². The Morgan fingerprint density at radius 2 is 1.55 bits per heavy atom. The van der Waals surface area contributed by atoms with Gasteiger partial charge in [-0.05, 0) is 0 Å². The summed E-state index contributed by atoms with van der Waals surface area (Å²) in [4.78, 5) is 0. The van der Waals surface area contributed by atoms with Gasteiger partial charge in [0.2, 0.25) is 0 Å². The molecule has 1 nitrogen and oxygen atoms in total. The van der Waals surface area contributed by atoms with Crippen molar-refractivity contribution in [2.45, 2.75) is 25.5 Å². The van der Waals surface area contributed by atoms with E-state index in [1.165, 1.54) is 44.3 Å². The predicted octanol–water partition coefficient (Wildman–Crippen LogP) is 7.66. The van der Waals surface area contributed by atoms with Crippen molar-refractivity contribution in [1.82, 2.24) is 0 Å². The minimum atomic E-state index is -0.320. The summed E-state index contributed by atoms with van der Waals surface area (Å²) >= 11 is -0.320. The average Bonchev–Trinajstić information content (AvgIpc) is 2.94. The molecule has 0 saturated heterocycles. The van der Waals surface area contributed by atoms with Crippen LogP contribution >= 0.6 is 24.8 Å². The van der Waals surface area contributed by atoms with Crippen LogP contribution in [0, 0.1) is 5.92 Å². The van der Waals surface area contributed by atoms with Crippen LogP contribution in [0.15, 0.2) is 84.0 Å². The van der Waals surface area contributed by atoms with Crippen molar-refractivity contribution in [3.8, 4) is 0 Å². The van der Waals surface area contributed by atoms with Crippen LogP contribution in [0.1, 0.15) is 31.9 Å². The van der Waals surface area contributed by atoms with Crippen LogP contribution in [0.2, 0.25) is 0 Å². The van der Waals surface area contributed by atoms with Crippen LogP contribution in [-0.2, 0) is 24.1 Å². The zero-order valence-electron chi connectivity index (χ0n) is 17.0. The Kier molecular flexibility index (Phi) is 8.61. The Morgan fingerprint density at radius 3 is 2.24 bits per heavy atom. The SMILES string of the molecule is CC1=CC(C)C(c2ccc3ccccc3c2[CH2][Ti][NH]c2ccccc2)=C1C.Cl.Cl. The normalized spacial score (nSPS) is 15.4. The molecule has 0 amide bonds. The fourth-order valence-electron chi connectivity index (χ4n) is 4.12. The predicted molar refractivity (Wildman–Crippen MR) is 128 cm³/mol. The van der Waals surface area contributed by atoms with E-state index in [-0.39, 0.29) is 44.2 Å². The molecule has 1 aliphatic carbocycles. The second-order valence-electron chi connectivity index (χ2n) is 7.33. The number of allylic oxidation sites excluding steroid dienone is 4. The van der Waals surface area contributed by atoms with Gasteiger partial charge in [0.05, 0.1) is 0 Å². The van der Waals surface area contributed by atoms with Gasteiger partial charge in [-0.25, -0.2) is 0 Å². The van der Waals surface area contributed by atoms with E-state index < -0.39 is 0 Å². The Bertz CT molecular complexity index is 1040. The van der Waals surface area contributed by atoms with Gasteiger partial charge in [0.25, 0.3) is 0 Å². The maximum atomic E-state index is 3.70. The Balaban J connectivity index is 0.00000150. The van der Waals surface area contributed by atoms with Gasteiger partial charge in [-0.1, -0.05) is 0 Å². The molecule has 3 aromatic rings. The molecule has 0 fully saturated rings. The van der Waals surface area contributed by atoms with Crippen molar-refractivity contribution in [3.63, 3.8) is 0 Å². The molecular weight excluding hydrogens is 433 g/mol. The number of rotatable bonds is 5. The minimum absolute atomic E-state index is 0. The summed E-state index contributed by atoms with van der Waals surface area (Å²) < 4.78 is 4.84. The Hall–Kier alpha value is -1.51. The molecule has 29 heavy (non-hydrogen) atoms. The molecule has 0 spiro atoms. The van der Waals surface area contributed by atoms with Gasteiger partial charge in [0.15, 0.2) is 0 Å². The Labute approximate surface area is 195 Å². The second kappa shape index (κ2) is 10.5. The minimum Gasteiger partial charge on any atom is -0.147 e. The van der Waals surface area contributed by atoms with Crippen molar-refractivity contribution in [2.75, 3.05) is 3.80 Å². The van der Waals surface area contributed by atoms with Crippen LogP contribution in [0.3, 0.4) is 0 Å². The van der Waals surface area contributed by atoms with Crippen molar-refractivity contribution in [3.05, 3.63) is 95.1 Å². The zero-order valence-corrected chi connectivity index (χ0v) is 20.2. The van der Waals surface area contributed by atoms with Crippen molar-refractivity contribution in [1.29, 1.82) is 0 Å². The van der Waals surface area contributed by atoms with E-state index in [2.05, 4.69) is 97.4 Å². The summed E-state index contributed by atoms with van der Waals surface area (Å²) in [6.45, 7) is 6.85. The van der Waals surface area contributed by atoms with Crippen molar-refractivity contribution in [2.24, 2.45) is 5.92 Å². The van der Waals surface area contributed by atoms with Gasteiger partial charge < -0.3 is 0 Å². The molecule has 0 aliphatic heterocycles. The maximum Gasteiger partial charge on any atom is -0.147 e. The van der Waals surface area contributed by atoms with E-state index in [0.29, 0.717) is 5.92 Å². The van der Waals surface area contributed by atoms with E-state index in [4.69, 9.17) is 0 Å². The molecule has 0 radical (unpaired) electrons. The summed E-state index contributed by atoms with van der Waals surface area (Å²) in [5.74, 6) is 0.493. The number of hydrogen-bond acceptors (Lipinski definition) is 1. The van der Waals surface area contributed by atoms with E-state index in [1.54, 1.807) is 0 Å². The van der Waals surface area contributed by atoms with Gasteiger partial charge in [0.1, 0.15) is 0 Å². The number of para-hydroxylation sites is 1. The van der Waals surface area contributed by atoms with Gasteiger partial charge in [0, 0.05) is 0 Å². The molecule has 1 atom stereocenters. The third-order valence-electron chi connectivity index (χ3n) is 5.55. The van der Waals surface area contributed by atoms with Gasteiger partial charge >= 0.3 is 172 Å². The van der Waals surface area contributed by atoms with Gasteiger partial charge in [-0.2, -0.15) is 0 Å². The summed E-state index contributed by atoms with van der Waals surface area (Å²) in [7, 11) is 0. The van der Waals surface area contributed by atoms with E-state index in [9.17, 15) is 0 Å². The summed E-state index contributed by atoms with van der Waals surface area (Å²) in [6.07, 6.45) is 2.40. The molecule has 1 unspecified atom stereocenters.